The van der Waals surface area contributed by atoms with Crippen LogP contribution in [0.25, 0.3) is 6.08 Å². The molecule has 2 aromatic carbocycles. The van der Waals surface area contributed by atoms with Crippen molar-refractivity contribution in [2.75, 3.05) is 27.4 Å². The van der Waals surface area contributed by atoms with E-state index in [2.05, 4.69) is 0 Å². The van der Waals surface area contributed by atoms with Gasteiger partial charge in [-0.25, -0.2) is 4.79 Å². The van der Waals surface area contributed by atoms with E-state index in [0.717, 1.165) is 11.3 Å². The minimum Gasteiger partial charge on any atom is -0.497 e. The smallest absolute Gasteiger partial charge is 0.340 e. The number of carbonyl (C=O) groups excluding carboxylic acids is 3. The lowest BCUT2D eigenvalue weighted by atomic mass is 10.0. The fraction of sp³-hybridized carbons (Fsp3) is 0.240. The van der Waals surface area contributed by atoms with Gasteiger partial charge in [-0.05, 0) is 54.8 Å². The van der Waals surface area contributed by atoms with E-state index in [4.69, 9.17) is 19.9 Å². The van der Waals surface area contributed by atoms with Gasteiger partial charge in [0.25, 0.3) is 11.8 Å². The van der Waals surface area contributed by atoms with E-state index in [1.54, 1.807) is 49.3 Å². The summed E-state index contributed by atoms with van der Waals surface area (Å²) in [4.78, 5) is 38.2. The van der Waals surface area contributed by atoms with Gasteiger partial charge in [-0.1, -0.05) is 24.3 Å². The maximum absolute atomic E-state index is 13.2. The molecule has 0 saturated carbocycles. The van der Waals surface area contributed by atoms with Crippen molar-refractivity contribution < 1.29 is 28.6 Å². The quantitative estimate of drug-likeness (QED) is 0.465. The van der Waals surface area contributed by atoms with Crippen molar-refractivity contribution >= 4 is 23.9 Å². The molecule has 2 aromatic rings. The number of esters is 1. The van der Waals surface area contributed by atoms with E-state index in [0.29, 0.717) is 30.0 Å². The second kappa shape index (κ2) is 10.5. The normalized spacial score (nSPS) is 14.6. The number of rotatable bonds is 9. The van der Waals surface area contributed by atoms with Gasteiger partial charge < -0.3 is 24.8 Å². The molecule has 0 unspecified atom stereocenters. The van der Waals surface area contributed by atoms with Crippen molar-refractivity contribution in [1.29, 1.82) is 0 Å². The second-order valence-corrected chi connectivity index (χ2v) is 7.39. The third-order valence-electron chi connectivity index (χ3n) is 5.26. The first kappa shape index (κ1) is 23.6. The fourth-order valence-corrected chi connectivity index (χ4v) is 3.51. The highest BCUT2D eigenvalue weighted by Gasteiger charge is 2.36. The van der Waals surface area contributed by atoms with Crippen molar-refractivity contribution in [2.45, 2.75) is 13.3 Å². The van der Waals surface area contributed by atoms with Crippen LogP contribution in [0, 0.1) is 0 Å². The third kappa shape index (κ3) is 5.60. The van der Waals surface area contributed by atoms with E-state index in [1.165, 1.54) is 7.11 Å². The Hall–Kier alpha value is -4.07. The van der Waals surface area contributed by atoms with Crippen LogP contribution in [0.2, 0.25) is 0 Å². The largest absolute Gasteiger partial charge is 0.497 e. The van der Waals surface area contributed by atoms with Crippen LogP contribution in [-0.2, 0) is 25.5 Å². The van der Waals surface area contributed by atoms with E-state index in [-0.39, 0.29) is 23.7 Å². The van der Waals surface area contributed by atoms with Crippen LogP contribution in [-0.4, -0.2) is 50.1 Å². The number of amides is 2. The summed E-state index contributed by atoms with van der Waals surface area (Å²) < 4.78 is 15.4. The molecule has 1 heterocycles. The molecule has 1 aliphatic heterocycles. The Bertz CT molecular complexity index is 1100. The highest BCUT2D eigenvalue weighted by molar-refractivity contribution is 6.16. The Labute approximate surface area is 192 Å². The zero-order chi connectivity index (χ0) is 24.0. The predicted molar refractivity (Wildman–Crippen MR) is 122 cm³/mol. The molecule has 0 fully saturated rings. The first-order valence-electron chi connectivity index (χ1n) is 10.3. The molecule has 0 spiro atoms. The summed E-state index contributed by atoms with van der Waals surface area (Å²) in [7, 11) is 2.89. The number of allylic oxidation sites excluding steroid dienone is 1. The lowest BCUT2D eigenvalue weighted by Gasteiger charge is -2.18. The molecule has 0 aromatic heterocycles. The Morgan fingerprint density at radius 2 is 1.64 bits per heavy atom. The first-order chi connectivity index (χ1) is 15.8. The van der Waals surface area contributed by atoms with Crippen LogP contribution in [0.4, 0.5) is 0 Å². The highest BCUT2D eigenvalue weighted by Crippen LogP contribution is 2.32. The molecule has 0 atom stereocenters. The van der Waals surface area contributed by atoms with Crippen LogP contribution in [0.3, 0.4) is 0 Å². The number of hydrogen-bond acceptors (Lipinski definition) is 6. The zero-order valence-corrected chi connectivity index (χ0v) is 18.8. The maximum atomic E-state index is 13.2. The van der Waals surface area contributed by atoms with Gasteiger partial charge in [0.05, 0.1) is 25.4 Å². The van der Waals surface area contributed by atoms with Gasteiger partial charge in [0.1, 0.15) is 11.5 Å². The molecule has 8 heteroatoms. The number of benzene rings is 2. The van der Waals surface area contributed by atoms with E-state index < -0.39 is 11.9 Å². The van der Waals surface area contributed by atoms with Crippen LogP contribution in [0.1, 0.15) is 18.1 Å². The van der Waals surface area contributed by atoms with Gasteiger partial charge >= 0.3 is 5.97 Å². The third-order valence-corrected chi connectivity index (χ3v) is 5.26. The summed E-state index contributed by atoms with van der Waals surface area (Å²) in [5, 5.41) is 0. The van der Waals surface area contributed by atoms with E-state index >= 15 is 0 Å². The molecule has 8 nitrogen and oxygen atoms in total. The number of ether oxygens (including phenoxy) is 3. The fourth-order valence-electron chi connectivity index (χ4n) is 3.51. The second-order valence-electron chi connectivity index (χ2n) is 7.39. The summed E-state index contributed by atoms with van der Waals surface area (Å²) in [5.41, 5.74) is 7.87. The van der Waals surface area contributed by atoms with Gasteiger partial charge in [0.2, 0.25) is 0 Å². The van der Waals surface area contributed by atoms with Gasteiger partial charge in [-0.2, -0.15) is 0 Å². The minimum absolute atomic E-state index is 0.226. The van der Waals surface area contributed by atoms with Crippen molar-refractivity contribution in [2.24, 2.45) is 5.73 Å². The summed E-state index contributed by atoms with van der Waals surface area (Å²) in [6.07, 6.45) is 2.25. The van der Waals surface area contributed by atoms with Gasteiger partial charge in [-0.3, -0.25) is 9.59 Å². The van der Waals surface area contributed by atoms with Crippen molar-refractivity contribution in [3.8, 4) is 11.5 Å². The van der Waals surface area contributed by atoms with Gasteiger partial charge in [0.15, 0.2) is 6.61 Å². The van der Waals surface area contributed by atoms with Crippen molar-refractivity contribution in [1.82, 2.24) is 4.90 Å². The molecule has 2 N–H and O–H groups in total. The number of methoxy groups -OCH3 is 2. The number of carbonyl (C=O) groups is 3. The highest BCUT2D eigenvalue weighted by atomic mass is 16.5. The lowest BCUT2D eigenvalue weighted by Crippen LogP contribution is -2.27. The molecular formula is C25H26N2O6. The molecule has 0 aliphatic carbocycles. The summed E-state index contributed by atoms with van der Waals surface area (Å²) in [6.45, 7) is 1.92. The number of hydrogen-bond donors (Lipinski definition) is 1. The topological polar surface area (TPSA) is 108 Å². The number of primary amides is 1. The van der Waals surface area contributed by atoms with Crippen LogP contribution < -0.4 is 15.2 Å². The van der Waals surface area contributed by atoms with Gasteiger partial charge in [-0.15, -0.1) is 0 Å². The minimum atomic E-state index is -0.573. The van der Waals surface area contributed by atoms with Crippen LogP contribution >= 0.6 is 0 Å². The molecule has 0 bridgehead atoms. The summed E-state index contributed by atoms with van der Waals surface area (Å²) in [5.74, 6) is -0.183. The van der Waals surface area contributed by atoms with Crippen molar-refractivity contribution in [3.05, 3.63) is 76.5 Å². The monoisotopic (exact) mass is 450 g/mol. The summed E-state index contributed by atoms with van der Waals surface area (Å²) >= 11 is 0. The Balaban J connectivity index is 1.82. The average molecular weight is 450 g/mol. The Kier molecular flexibility index (Phi) is 7.50. The SMILES string of the molecule is COC(=O)C1=C(C)N(CCc2ccc(OC)cc2)C(=O)/C1=C\c1ccc(OCC(N)=O)cc1. The summed E-state index contributed by atoms with van der Waals surface area (Å²) in [6, 6.07) is 14.4. The number of nitrogens with zero attached hydrogens (tertiary/aromatic N) is 1. The standard InChI is InChI=1S/C25H26N2O6/c1-16-23(25(30)32-3)21(14-18-6-10-20(11-7-18)33-15-22(26)28)24(29)27(16)13-12-17-4-8-19(31-2)9-5-17/h4-11,14H,12-13,15H2,1-3H3,(H2,26,28)/b21-14-. The van der Waals surface area contributed by atoms with Crippen molar-refractivity contribution in [3.63, 3.8) is 0 Å². The Morgan fingerprint density at radius 1 is 1.00 bits per heavy atom. The molecule has 3 rings (SSSR count). The zero-order valence-electron chi connectivity index (χ0n) is 18.8. The molecule has 33 heavy (non-hydrogen) atoms. The van der Waals surface area contributed by atoms with Crippen LogP contribution in [0.15, 0.2) is 65.4 Å². The maximum Gasteiger partial charge on any atom is 0.340 e. The van der Waals surface area contributed by atoms with Crippen LogP contribution in [0.5, 0.6) is 11.5 Å². The lowest BCUT2D eigenvalue weighted by molar-refractivity contribution is -0.136. The molecule has 0 saturated heterocycles. The average Bonchev–Trinajstić information content (AvgIpc) is 3.05. The predicted octanol–water partition coefficient (Wildman–Crippen LogP) is 2.47. The molecular weight excluding hydrogens is 424 g/mol. The van der Waals surface area contributed by atoms with E-state index in [1.807, 2.05) is 24.3 Å². The molecule has 0 radical (unpaired) electrons. The molecule has 1 aliphatic rings. The number of nitrogens with two attached hydrogens (primary N) is 1. The van der Waals surface area contributed by atoms with E-state index in [9.17, 15) is 14.4 Å². The molecule has 172 valence electrons. The Morgan fingerprint density at radius 3 is 2.21 bits per heavy atom. The molecule has 2 amide bonds. The van der Waals surface area contributed by atoms with Gasteiger partial charge in [0, 0.05) is 12.2 Å². The first-order valence-corrected chi connectivity index (χ1v) is 10.3.